The van der Waals surface area contributed by atoms with Gasteiger partial charge in [0, 0.05) is 50.7 Å². The van der Waals surface area contributed by atoms with Crippen molar-refractivity contribution in [3.05, 3.63) is 61.1 Å². The maximum atomic E-state index is 14.1. The maximum Gasteiger partial charge on any atom is 0.247 e. The van der Waals surface area contributed by atoms with E-state index in [1.165, 1.54) is 29.7 Å². The molecule has 214 valence electrons. The number of carbonyl (C=O) groups excluding carboxylic acids is 2. The molecule has 14 heteroatoms. The van der Waals surface area contributed by atoms with Crippen molar-refractivity contribution in [1.29, 1.82) is 0 Å². The van der Waals surface area contributed by atoms with Crippen molar-refractivity contribution in [3.8, 4) is 10.6 Å². The number of likely N-dealkylation sites (N-methyl/N-ethyl adjacent to an activating group) is 1. The van der Waals surface area contributed by atoms with E-state index in [1.54, 1.807) is 35.8 Å². The highest BCUT2D eigenvalue weighted by Crippen LogP contribution is 2.30. The number of imidazole rings is 1. The van der Waals surface area contributed by atoms with Gasteiger partial charge in [-0.15, -0.1) is 0 Å². The molecule has 2 amide bonds. The second kappa shape index (κ2) is 12.9. The molecule has 0 aliphatic carbocycles. The molecule has 0 saturated carbocycles. The van der Waals surface area contributed by atoms with Crippen molar-refractivity contribution in [1.82, 2.24) is 39.6 Å². The first-order chi connectivity index (χ1) is 19.9. The lowest BCUT2D eigenvalue weighted by Gasteiger charge is -2.33. The summed E-state index contributed by atoms with van der Waals surface area (Å²) in [7, 11) is 3.84. The van der Waals surface area contributed by atoms with E-state index in [1.807, 2.05) is 29.6 Å². The van der Waals surface area contributed by atoms with Gasteiger partial charge in [-0.2, -0.15) is 0 Å². The third-order valence-electron chi connectivity index (χ3n) is 6.34. The Morgan fingerprint density at radius 2 is 2.12 bits per heavy atom. The summed E-state index contributed by atoms with van der Waals surface area (Å²) >= 11 is 1.27. The Morgan fingerprint density at radius 1 is 1.24 bits per heavy atom. The summed E-state index contributed by atoms with van der Waals surface area (Å²) in [6, 6.07) is 4.04. The average Bonchev–Trinajstić information content (AvgIpc) is 3.60. The van der Waals surface area contributed by atoms with Gasteiger partial charge in [-0.3, -0.25) is 14.6 Å². The predicted molar refractivity (Wildman–Crippen MR) is 153 cm³/mol. The molecular weight excluding hydrogens is 549 g/mol. The molecule has 5 heterocycles. The van der Waals surface area contributed by atoms with Crippen molar-refractivity contribution < 1.29 is 18.7 Å². The number of thiazole rings is 1. The third kappa shape index (κ3) is 6.90. The van der Waals surface area contributed by atoms with Crippen LogP contribution in [0, 0.1) is 5.82 Å². The molecule has 0 bridgehead atoms. The molecular formula is C27H30FN9O3S. The Balaban J connectivity index is 1.20. The number of carbonyl (C=O) groups is 2. The first-order valence-electron chi connectivity index (χ1n) is 13.0. The van der Waals surface area contributed by atoms with E-state index in [0.29, 0.717) is 54.1 Å². The highest BCUT2D eigenvalue weighted by Gasteiger charge is 2.31. The third-order valence-corrected chi connectivity index (χ3v) is 7.26. The van der Waals surface area contributed by atoms with Crippen LogP contribution in [0.15, 0.2) is 55.3 Å². The number of hydrogen-bond acceptors (Lipinski definition) is 10. The van der Waals surface area contributed by atoms with E-state index in [0.717, 1.165) is 5.52 Å². The molecule has 4 aromatic rings. The highest BCUT2D eigenvalue weighted by atomic mass is 32.1. The Bertz CT molecular complexity index is 1550. The summed E-state index contributed by atoms with van der Waals surface area (Å²) in [6.07, 6.45) is 9.72. The van der Waals surface area contributed by atoms with Gasteiger partial charge in [-0.05, 0) is 26.2 Å². The smallest absolute Gasteiger partial charge is 0.247 e. The number of ether oxygens (including phenoxy) is 1. The molecule has 5 rings (SSSR count). The van der Waals surface area contributed by atoms with Gasteiger partial charge in [0.05, 0.1) is 36.1 Å². The minimum absolute atomic E-state index is 0.152. The lowest BCUT2D eigenvalue weighted by molar-refractivity contribution is -0.145. The molecule has 1 aliphatic heterocycles. The molecule has 1 aliphatic rings. The monoisotopic (exact) mass is 579 g/mol. The molecule has 0 aromatic carbocycles. The number of fused-ring (bicyclic) bond motifs is 1. The largest absolute Gasteiger partial charge is 0.377 e. The van der Waals surface area contributed by atoms with E-state index in [-0.39, 0.29) is 24.1 Å². The fraction of sp³-hybridized carbons (Fsp3) is 0.333. The Morgan fingerprint density at radius 3 is 2.95 bits per heavy atom. The van der Waals surface area contributed by atoms with Gasteiger partial charge in [0.2, 0.25) is 11.8 Å². The second-order valence-corrected chi connectivity index (χ2v) is 10.6. The van der Waals surface area contributed by atoms with Crippen LogP contribution in [0.4, 0.5) is 15.3 Å². The summed E-state index contributed by atoms with van der Waals surface area (Å²) in [4.78, 5) is 47.0. The van der Waals surface area contributed by atoms with E-state index >= 15 is 0 Å². The Hall–Kier alpha value is -4.27. The van der Waals surface area contributed by atoms with Crippen LogP contribution < -0.4 is 10.6 Å². The zero-order chi connectivity index (χ0) is 28.8. The summed E-state index contributed by atoms with van der Waals surface area (Å²) in [5.74, 6) is -0.343. The fourth-order valence-electron chi connectivity index (χ4n) is 4.29. The molecule has 0 spiro atoms. The summed E-state index contributed by atoms with van der Waals surface area (Å²) in [6.45, 7) is 2.32. The zero-order valence-corrected chi connectivity index (χ0v) is 23.5. The van der Waals surface area contributed by atoms with Crippen LogP contribution in [0.3, 0.4) is 0 Å². The average molecular weight is 580 g/mol. The van der Waals surface area contributed by atoms with Crippen LogP contribution in [0.5, 0.6) is 0 Å². The normalized spacial score (nSPS) is 15.6. The highest BCUT2D eigenvalue weighted by molar-refractivity contribution is 7.18. The van der Waals surface area contributed by atoms with Crippen LogP contribution >= 0.6 is 11.3 Å². The standard InChI is InChI=1S/C27H30FN9O3S/c1-35(2)9-4-6-24(38)37-11-12-40-16-21(37)26(39)30-8-10-36-17-33-19-14-31-23(13-20(19)36)34-27-32-15-22(41-27)25-18(28)5-3-7-29-25/h3-7,13-15,17,21H,8-12,16H2,1-2H3,(H,30,39)(H,31,32,34)/b6-4+. The van der Waals surface area contributed by atoms with E-state index in [2.05, 4.69) is 30.6 Å². The molecule has 1 saturated heterocycles. The molecule has 41 heavy (non-hydrogen) atoms. The number of rotatable bonds is 10. The van der Waals surface area contributed by atoms with Gasteiger partial charge in [-0.25, -0.2) is 19.3 Å². The van der Waals surface area contributed by atoms with Crippen molar-refractivity contribution in [3.63, 3.8) is 0 Å². The minimum atomic E-state index is -0.692. The van der Waals surface area contributed by atoms with Crippen molar-refractivity contribution in [2.75, 3.05) is 52.3 Å². The first-order valence-corrected chi connectivity index (χ1v) is 13.8. The number of amides is 2. The van der Waals surface area contributed by atoms with Crippen LogP contribution in [0.2, 0.25) is 0 Å². The SMILES string of the molecule is CN(C)C/C=C/C(=O)N1CCOCC1C(=O)NCCn1cnc2cnc(Nc3ncc(-c4ncccc4F)s3)cc21. The molecule has 1 unspecified atom stereocenters. The first kappa shape index (κ1) is 28.3. The summed E-state index contributed by atoms with van der Waals surface area (Å²) in [5.41, 5.74) is 1.75. The number of aromatic nitrogens is 5. The van der Waals surface area contributed by atoms with Gasteiger partial charge in [-0.1, -0.05) is 17.4 Å². The number of morpholine rings is 1. The Labute approximate surface area is 239 Å². The molecule has 2 N–H and O–H groups in total. The lowest BCUT2D eigenvalue weighted by atomic mass is 10.2. The number of hydrogen-bond donors (Lipinski definition) is 2. The van der Waals surface area contributed by atoms with Gasteiger partial charge < -0.3 is 29.7 Å². The fourth-order valence-corrected chi connectivity index (χ4v) is 5.11. The Kier molecular flexibility index (Phi) is 8.91. The number of nitrogens with zero attached hydrogens (tertiary/aromatic N) is 7. The topological polar surface area (TPSA) is 130 Å². The molecule has 4 aromatic heterocycles. The van der Waals surface area contributed by atoms with E-state index in [4.69, 9.17) is 4.74 Å². The quantitative estimate of drug-likeness (QED) is 0.272. The second-order valence-electron chi connectivity index (χ2n) is 9.56. The van der Waals surface area contributed by atoms with Crippen LogP contribution in [-0.4, -0.2) is 99.1 Å². The summed E-state index contributed by atoms with van der Waals surface area (Å²) < 4.78 is 21.5. The van der Waals surface area contributed by atoms with Gasteiger partial charge in [0.1, 0.15) is 28.9 Å². The minimum Gasteiger partial charge on any atom is -0.377 e. The lowest BCUT2D eigenvalue weighted by Crippen LogP contribution is -2.55. The zero-order valence-electron chi connectivity index (χ0n) is 22.7. The molecule has 0 radical (unpaired) electrons. The van der Waals surface area contributed by atoms with Crippen LogP contribution in [0.25, 0.3) is 21.6 Å². The van der Waals surface area contributed by atoms with Crippen LogP contribution in [-0.2, 0) is 20.9 Å². The molecule has 12 nitrogen and oxygen atoms in total. The van der Waals surface area contributed by atoms with Gasteiger partial charge in [0.25, 0.3) is 0 Å². The number of anilines is 2. The number of nitrogens with one attached hydrogen (secondary N) is 2. The van der Waals surface area contributed by atoms with Gasteiger partial charge in [0.15, 0.2) is 5.13 Å². The molecule has 1 atom stereocenters. The van der Waals surface area contributed by atoms with Gasteiger partial charge >= 0.3 is 0 Å². The van der Waals surface area contributed by atoms with E-state index in [9.17, 15) is 14.0 Å². The molecule has 1 fully saturated rings. The number of halogens is 1. The van der Waals surface area contributed by atoms with Crippen molar-refractivity contribution >= 4 is 45.1 Å². The van der Waals surface area contributed by atoms with Crippen LogP contribution in [0.1, 0.15) is 0 Å². The predicted octanol–water partition coefficient (Wildman–Crippen LogP) is 2.29. The maximum absolute atomic E-state index is 14.1. The number of pyridine rings is 2. The van der Waals surface area contributed by atoms with E-state index < -0.39 is 11.9 Å². The van der Waals surface area contributed by atoms with Crippen molar-refractivity contribution in [2.45, 2.75) is 12.6 Å². The van der Waals surface area contributed by atoms with Crippen molar-refractivity contribution in [2.24, 2.45) is 0 Å². The summed E-state index contributed by atoms with van der Waals surface area (Å²) in [5, 5.41) is 6.62.